The van der Waals surface area contributed by atoms with E-state index in [1.807, 2.05) is 0 Å². The molecular weight excluding hydrogens is 193 g/mol. The Hall–Kier alpha value is -0.940. The SMILES string of the molecule is Cc1c(F)ccc(NS(=O)O)c1C. The van der Waals surface area contributed by atoms with Gasteiger partial charge in [-0.05, 0) is 37.1 Å². The Balaban J connectivity index is 3.10. The number of benzene rings is 1. The first-order chi connectivity index (χ1) is 6.02. The molecule has 0 amide bonds. The van der Waals surface area contributed by atoms with E-state index in [0.29, 0.717) is 16.8 Å². The minimum atomic E-state index is -2.11. The lowest BCUT2D eigenvalue weighted by Crippen LogP contribution is -2.04. The zero-order valence-corrected chi connectivity index (χ0v) is 8.11. The highest BCUT2D eigenvalue weighted by molar-refractivity contribution is 7.80. The minimum Gasteiger partial charge on any atom is -0.289 e. The van der Waals surface area contributed by atoms with Crippen molar-refractivity contribution in [2.45, 2.75) is 13.8 Å². The molecule has 1 aromatic carbocycles. The molecule has 0 saturated heterocycles. The Morgan fingerprint density at radius 2 is 2.00 bits per heavy atom. The first-order valence-electron chi connectivity index (χ1n) is 3.65. The van der Waals surface area contributed by atoms with E-state index in [-0.39, 0.29) is 5.82 Å². The summed E-state index contributed by atoms with van der Waals surface area (Å²) in [6.07, 6.45) is 0. The van der Waals surface area contributed by atoms with Gasteiger partial charge in [0, 0.05) is 0 Å². The van der Waals surface area contributed by atoms with Gasteiger partial charge in [0.2, 0.25) is 0 Å². The number of hydrogen-bond acceptors (Lipinski definition) is 1. The van der Waals surface area contributed by atoms with Crippen molar-refractivity contribution < 1.29 is 13.2 Å². The molecule has 0 fully saturated rings. The van der Waals surface area contributed by atoms with Gasteiger partial charge in [-0.3, -0.25) is 9.27 Å². The van der Waals surface area contributed by atoms with Gasteiger partial charge >= 0.3 is 0 Å². The third kappa shape index (κ3) is 2.26. The molecule has 0 radical (unpaired) electrons. The molecule has 72 valence electrons. The monoisotopic (exact) mass is 203 g/mol. The summed E-state index contributed by atoms with van der Waals surface area (Å²) in [5, 5.41) is 0. The molecule has 2 N–H and O–H groups in total. The lowest BCUT2D eigenvalue weighted by Gasteiger charge is -2.08. The minimum absolute atomic E-state index is 0.313. The summed E-state index contributed by atoms with van der Waals surface area (Å²) in [6, 6.07) is 2.70. The standard InChI is InChI=1S/C8H10FNO2S/c1-5-6(2)8(10-13(11)12)4-3-7(5)9/h3-4,10H,1-2H3,(H,11,12). The Labute approximate surface area is 78.4 Å². The highest BCUT2D eigenvalue weighted by Gasteiger charge is 2.06. The van der Waals surface area contributed by atoms with E-state index in [1.54, 1.807) is 13.8 Å². The van der Waals surface area contributed by atoms with Gasteiger partial charge in [0.05, 0.1) is 5.69 Å². The molecular formula is C8H10FNO2S. The van der Waals surface area contributed by atoms with Crippen LogP contribution in [0.25, 0.3) is 0 Å². The van der Waals surface area contributed by atoms with E-state index in [0.717, 1.165) is 0 Å². The van der Waals surface area contributed by atoms with E-state index in [1.165, 1.54) is 12.1 Å². The Morgan fingerprint density at radius 3 is 2.54 bits per heavy atom. The molecule has 5 heteroatoms. The summed E-state index contributed by atoms with van der Waals surface area (Å²) in [7, 11) is 0. The lowest BCUT2D eigenvalue weighted by atomic mass is 10.1. The van der Waals surface area contributed by atoms with Crippen molar-refractivity contribution >= 4 is 17.0 Å². The number of hydrogen-bond donors (Lipinski definition) is 2. The second-order valence-electron chi connectivity index (χ2n) is 2.70. The maximum absolute atomic E-state index is 12.9. The van der Waals surface area contributed by atoms with Crippen molar-refractivity contribution in [3.63, 3.8) is 0 Å². The second kappa shape index (κ2) is 3.85. The average molecular weight is 203 g/mol. The van der Waals surface area contributed by atoms with E-state index in [9.17, 15) is 8.60 Å². The Morgan fingerprint density at radius 1 is 1.38 bits per heavy atom. The van der Waals surface area contributed by atoms with Crippen LogP contribution in [0, 0.1) is 19.7 Å². The van der Waals surface area contributed by atoms with Crippen LogP contribution in [0.5, 0.6) is 0 Å². The van der Waals surface area contributed by atoms with Crippen LogP contribution in [0.1, 0.15) is 11.1 Å². The van der Waals surface area contributed by atoms with Crippen molar-refractivity contribution in [1.29, 1.82) is 0 Å². The third-order valence-electron chi connectivity index (χ3n) is 1.92. The molecule has 0 heterocycles. The van der Waals surface area contributed by atoms with E-state index in [2.05, 4.69) is 4.72 Å². The molecule has 1 aromatic rings. The summed E-state index contributed by atoms with van der Waals surface area (Å²) < 4.78 is 34.2. The quantitative estimate of drug-likeness (QED) is 0.722. The summed E-state index contributed by atoms with van der Waals surface area (Å²) in [4.78, 5) is 0. The molecule has 0 aliphatic carbocycles. The lowest BCUT2D eigenvalue weighted by molar-refractivity contribution is 0.570. The first kappa shape index (κ1) is 10.1. The summed E-state index contributed by atoms with van der Waals surface area (Å²) in [5.41, 5.74) is 1.59. The van der Waals surface area contributed by atoms with Crippen LogP contribution in [0.15, 0.2) is 12.1 Å². The number of nitrogens with one attached hydrogen (secondary N) is 1. The first-order valence-corrected chi connectivity index (χ1v) is 4.76. The molecule has 1 rings (SSSR count). The number of rotatable bonds is 2. The van der Waals surface area contributed by atoms with Crippen molar-refractivity contribution in [3.8, 4) is 0 Å². The van der Waals surface area contributed by atoms with Crippen molar-refractivity contribution in [2.75, 3.05) is 4.72 Å². The summed E-state index contributed by atoms with van der Waals surface area (Å²) in [5.74, 6) is -0.313. The highest BCUT2D eigenvalue weighted by atomic mass is 32.2. The molecule has 0 saturated carbocycles. The van der Waals surface area contributed by atoms with Crippen LogP contribution < -0.4 is 4.72 Å². The van der Waals surface area contributed by atoms with E-state index >= 15 is 0 Å². The van der Waals surface area contributed by atoms with Crippen LogP contribution in [0.3, 0.4) is 0 Å². The van der Waals surface area contributed by atoms with E-state index < -0.39 is 11.3 Å². The molecule has 0 aliphatic rings. The molecule has 0 bridgehead atoms. The zero-order chi connectivity index (χ0) is 10.0. The molecule has 0 aromatic heterocycles. The van der Waals surface area contributed by atoms with Crippen LogP contribution >= 0.6 is 0 Å². The van der Waals surface area contributed by atoms with E-state index in [4.69, 9.17) is 4.55 Å². The van der Waals surface area contributed by atoms with Gasteiger partial charge in [-0.2, -0.15) is 0 Å². The second-order valence-corrected chi connectivity index (χ2v) is 3.40. The number of anilines is 1. The molecule has 0 aliphatic heterocycles. The fourth-order valence-corrected chi connectivity index (χ4v) is 1.40. The van der Waals surface area contributed by atoms with Crippen LogP contribution in [0.4, 0.5) is 10.1 Å². The van der Waals surface area contributed by atoms with Gasteiger partial charge in [0.25, 0.3) is 11.3 Å². The van der Waals surface area contributed by atoms with Crippen LogP contribution in [0.2, 0.25) is 0 Å². The maximum Gasteiger partial charge on any atom is 0.259 e. The topological polar surface area (TPSA) is 49.3 Å². The van der Waals surface area contributed by atoms with Gasteiger partial charge in [-0.1, -0.05) is 0 Å². The summed E-state index contributed by atoms with van der Waals surface area (Å²) >= 11 is -2.11. The average Bonchev–Trinajstić information content (AvgIpc) is 2.06. The predicted octanol–water partition coefficient (Wildman–Crippen LogP) is 1.99. The predicted molar refractivity (Wildman–Crippen MR) is 50.3 cm³/mol. The van der Waals surface area contributed by atoms with Crippen LogP contribution in [-0.4, -0.2) is 8.76 Å². The molecule has 0 spiro atoms. The molecule has 1 unspecified atom stereocenters. The fourth-order valence-electron chi connectivity index (χ4n) is 0.992. The number of halogens is 1. The molecule has 3 nitrogen and oxygen atoms in total. The summed E-state index contributed by atoms with van der Waals surface area (Å²) in [6.45, 7) is 3.31. The van der Waals surface area contributed by atoms with Gasteiger partial charge in [-0.15, -0.1) is 0 Å². The molecule has 1 atom stereocenters. The van der Waals surface area contributed by atoms with Crippen molar-refractivity contribution in [2.24, 2.45) is 0 Å². The van der Waals surface area contributed by atoms with Gasteiger partial charge in [0.1, 0.15) is 5.82 Å². The van der Waals surface area contributed by atoms with Crippen molar-refractivity contribution in [1.82, 2.24) is 0 Å². The Kier molecular flexibility index (Phi) is 3.00. The van der Waals surface area contributed by atoms with Gasteiger partial charge in [-0.25, -0.2) is 8.60 Å². The third-order valence-corrected chi connectivity index (χ3v) is 2.31. The smallest absolute Gasteiger partial charge is 0.259 e. The van der Waals surface area contributed by atoms with Crippen LogP contribution in [-0.2, 0) is 11.3 Å². The normalized spacial score (nSPS) is 12.6. The highest BCUT2D eigenvalue weighted by Crippen LogP contribution is 2.20. The maximum atomic E-state index is 12.9. The zero-order valence-electron chi connectivity index (χ0n) is 7.30. The molecule has 13 heavy (non-hydrogen) atoms. The van der Waals surface area contributed by atoms with Gasteiger partial charge < -0.3 is 0 Å². The Bertz CT molecular complexity index is 354. The van der Waals surface area contributed by atoms with Gasteiger partial charge in [0.15, 0.2) is 0 Å². The van der Waals surface area contributed by atoms with Crippen molar-refractivity contribution in [3.05, 3.63) is 29.1 Å². The largest absolute Gasteiger partial charge is 0.289 e. The fraction of sp³-hybridized carbons (Fsp3) is 0.250.